The fourth-order valence-electron chi connectivity index (χ4n) is 3.82. The standard InChI is InChI=1S/C25H31ClN6O/c1-16(2)24(33)31(14-18-9-6-5-7-10-18)25-29-22(28-20-12-8-11-19(26)13-20)21-23(30-25)32(15-27-21)17(3)4/h5-13,16-17,24,27,33H,14-15H2,1-4H3,(H,28,29,30)/t24-/m0/s1. The fourth-order valence-corrected chi connectivity index (χ4v) is 4.01. The van der Waals surface area contributed by atoms with Gasteiger partial charge in [-0.1, -0.05) is 61.8 Å². The first-order valence-electron chi connectivity index (χ1n) is 11.3. The third kappa shape index (κ3) is 5.15. The highest BCUT2D eigenvalue weighted by molar-refractivity contribution is 6.30. The zero-order valence-corrected chi connectivity index (χ0v) is 20.2. The lowest BCUT2D eigenvalue weighted by atomic mass is 10.1. The van der Waals surface area contributed by atoms with Gasteiger partial charge in [0.1, 0.15) is 11.9 Å². The maximum atomic E-state index is 11.1. The zero-order valence-electron chi connectivity index (χ0n) is 19.5. The van der Waals surface area contributed by atoms with Crippen molar-refractivity contribution >= 4 is 40.6 Å². The molecule has 174 valence electrons. The Hall–Kier alpha value is -3.03. The zero-order chi connectivity index (χ0) is 23.5. The van der Waals surface area contributed by atoms with Crippen LogP contribution in [0.15, 0.2) is 54.6 Å². The molecule has 0 saturated heterocycles. The lowest BCUT2D eigenvalue weighted by molar-refractivity contribution is 0.117. The van der Waals surface area contributed by atoms with Crippen molar-refractivity contribution in [3.63, 3.8) is 0 Å². The molecule has 0 spiro atoms. The predicted octanol–water partition coefficient (Wildman–Crippen LogP) is 5.45. The van der Waals surface area contributed by atoms with Crippen molar-refractivity contribution in [1.29, 1.82) is 0 Å². The van der Waals surface area contributed by atoms with Crippen LogP contribution in [0.4, 0.5) is 29.0 Å². The van der Waals surface area contributed by atoms with Crippen molar-refractivity contribution in [2.75, 3.05) is 27.1 Å². The van der Waals surface area contributed by atoms with Gasteiger partial charge >= 0.3 is 0 Å². The van der Waals surface area contributed by atoms with Gasteiger partial charge in [0, 0.05) is 23.3 Å². The Bertz CT molecular complexity index is 1090. The minimum Gasteiger partial charge on any atom is -0.373 e. The van der Waals surface area contributed by atoms with E-state index in [-0.39, 0.29) is 12.0 Å². The SMILES string of the molecule is CC(C)[C@H](O)N(Cc1ccccc1)c1nc(Nc2cccc(Cl)c2)c2c(n1)N(C(C)C)CN2. The van der Waals surface area contributed by atoms with Gasteiger partial charge in [-0.3, -0.25) is 0 Å². The summed E-state index contributed by atoms with van der Waals surface area (Å²) in [6.07, 6.45) is -0.746. The Labute approximate surface area is 200 Å². The molecule has 1 atom stereocenters. The quantitative estimate of drug-likeness (QED) is 0.381. The van der Waals surface area contributed by atoms with E-state index in [1.54, 1.807) is 0 Å². The van der Waals surface area contributed by atoms with Crippen LogP contribution in [-0.2, 0) is 6.54 Å². The van der Waals surface area contributed by atoms with Crippen LogP contribution in [-0.4, -0.2) is 34.0 Å². The summed E-state index contributed by atoms with van der Waals surface area (Å²) >= 11 is 6.20. The van der Waals surface area contributed by atoms with Gasteiger partial charge in [0.05, 0.1) is 6.67 Å². The lowest BCUT2D eigenvalue weighted by Crippen LogP contribution is -2.40. The first kappa shape index (κ1) is 23.1. The number of rotatable bonds is 8. The average Bonchev–Trinajstić information content (AvgIpc) is 3.22. The molecule has 1 aliphatic heterocycles. The second-order valence-electron chi connectivity index (χ2n) is 8.88. The number of fused-ring (bicyclic) bond motifs is 1. The van der Waals surface area contributed by atoms with E-state index in [0.29, 0.717) is 30.0 Å². The number of hydrogen-bond donors (Lipinski definition) is 3. The van der Waals surface area contributed by atoms with Crippen molar-refractivity contribution < 1.29 is 5.11 Å². The third-order valence-electron chi connectivity index (χ3n) is 5.66. The third-order valence-corrected chi connectivity index (χ3v) is 5.89. The molecule has 1 aliphatic rings. The second-order valence-corrected chi connectivity index (χ2v) is 9.31. The maximum absolute atomic E-state index is 11.1. The molecule has 3 aromatic rings. The molecule has 1 aromatic heterocycles. The molecule has 0 aliphatic carbocycles. The van der Waals surface area contributed by atoms with E-state index in [4.69, 9.17) is 21.6 Å². The summed E-state index contributed by atoms with van der Waals surface area (Å²) in [5, 5.41) is 18.6. The van der Waals surface area contributed by atoms with Crippen LogP contribution >= 0.6 is 11.6 Å². The number of aliphatic hydroxyl groups is 1. The summed E-state index contributed by atoms with van der Waals surface area (Å²) in [6, 6.07) is 17.8. The summed E-state index contributed by atoms with van der Waals surface area (Å²) in [7, 11) is 0. The van der Waals surface area contributed by atoms with E-state index in [1.165, 1.54) is 0 Å². The topological polar surface area (TPSA) is 76.5 Å². The molecule has 3 N–H and O–H groups in total. The summed E-state index contributed by atoms with van der Waals surface area (Å²) in [4.78, 5) is 13.9. The second kappa shape index (κ2) is 9.85. The van der Waals surface area contributed by atoms with Crippen LogP contribution in [0.25, 0.3) is 0 Å². The Morgan fingerprint density at radius 3 is 2.52 bits per heavy atom. The smallest absolute Gasteiger partial charge is 0.231 e. The summed E-state index contributed by atoms with van der Waals surface area (Å²) in [5.74, 6) is 1.93. The van der Waals surface area contributed by atoms with Gasteiger partial charge in [-0.25, -0.2) is 0 Å². The van der Waals surface area contributed by atoms with Crippen molar-refractivity contribution in [2.24, 2.45) is 5.92 Å². The molecule has 2 aromatic carbocycles. The Morgan fingerprint density at radius 2 is 1.85 bits per heavy atom. The number of nitrogens with one attached hydrogen (secondary N) is 2. The van der Waals surface area contributed by atoms with Crippen molar-refractivity contribution in [3.05, 3.63) is 65.2 Å². The molecule has 0 fully saturated rings. The Morgan fingerprint density at radius 1 is 1.09 bits per heavy atom. The van der Waals surface area contributed by atoms with Crippen LogP contribution in [0, 0.1) is 5.92 Å². The predicted molar refractivity (Wildman–Crippen MR) is 136 cm³/mol. The Balaban J connectivity index is 1.80. The van der Waals surface area contributed by atoms with E-state index in [0.717, 1.165) is 22.8 Å². The number of benzene rings is 2. The Kier molecular flexibility index (Phi) is 6.91. The molecule has 8 heteroatoms. The van der Waals surface area contributed by atoms with Crippen LogP contribution in [0.5, 0.6) is 0 Å². The van der Waals surface area contributed by atoms with Crippen LogP contribution in [0.3, 0.4) is 0 Å². The average molecular weight is 467 g/mol. The molecule has 33 heavy (non-hydrogen) atoms. The molecule has 0 unspecified atom stereocenters. The molecule has 4 rings (SSSR count). The van der Waals surface area contributed by atoms with Crippen molar-refractivity contribution in [3.8, 4) is 0 Å². The van der Waals surface area contributed by atoms with E-state index >= 15 is 0 Å². The number of anilines is 5. The molecule has 0 amide bonds. The van der Waals surface area contributed by atoms with Gasteiger partial charge in [-0.15, -0.1) is 0 Å². The number of nitrogens with zero attached hydrogens (tertiary/aromatic N) is 4. The van der Waals surface area contributed by atoms with Gasteiger partial charge in [-0.2, -0.15) is 9.97 Å². The van der Waals surface area contributed by atoms with Crippen LogP contribution in [0.1, 0.15) is 33.3 Å². The van der Waals surface area contributed by atoms with E-state index in [1.807, 2.05) is 73.3 Å². The highest BCUT2D eigenvalue weighted by atomic mass is 35.5. The molecular weight excluding hydrogens is 436 g/mol. The van der Waals surface area contributed by atoms with Crippen LogP contribution < -0.4 is 20.4 Å². The van der Waals surface area contributed by atoms with E-state index in [2.05, 4.69) is 29.4 Å². The van der Waals surface area contributed by atoms with E-state index < -0.39 is 6.23 Å². The summed E-state index contributed by atoms with van der Waals surface area (Å²) in [5.41, 5.74) is 2.74. The van der Waals surface area contributed by atoms with E-state index in [9.17, 15) is 5.11 Å². The molecule has 0 saturated carbocycles. The molecule has 0 radical (unpaired) electrons. The highest BCUT2D eigenvalue weighted by Gasteiger charge is 2.30. The van der Waals surface area contributed by atoms with Crippen molar-refractivity contribution in [2.45, 2.75) is 46.5 Å². The van der Waals surface area contributed by atoms with Crippen LogP contribution in [0.2, 0.25) is 5.02 Å². The number of halogens is 1. The largest absolute Gasteiger partial charge is 0.373 e. The number of aromatic nitrogens is 2. The molecule has 2 heterocycles. The first-order chi connectivity index (χ1) is 15.8. The van der Waals surface area contributed by atoms with Gasteiger partial charge in [0.15, 0.2) is 11.6 Å². The van der Waals surface area contributed by atoms with Gasteiger partial charge in [0.2, 0.25) is 5.95 Å². The number of aliphatic hydroxyl groups excluding tert-OH is 1. The first-order valence-corrected chi connectivity index (χ1v) is 11.6. The number of hydrogen-bond acceptors (Lipinski definition) is 7. The monoisotopic (exact) mass is 466 g/mol. The molecule has 7 nitrogen and oxygen atoms in total. The normalized spacial score (nSPS) is 13.8. The highest BCUT2D eigenvalue weighted by Crippen LogP contribution is 2.39. The minimum absolute atomic E-state index is 0.00534. The summed E-state index contributed by atoms with van der Waals surface area (Å²) < 4.78 is 0. The van der Waals surface area contributed by atoms with Crippen molar-refractivity contribution in [1.82, 2.24) is 9.97 Å². The maximum Gasteiger partial charge on any atom is 0.231 e. The van der Waals surface area contributed by atoms with Gasteiger partial charge in [0.25, 0.3) is 0 Å². The summed E-state index contributed by atoms with van der Waals surface area (Å²) in [6.45, 7) is 9.37. The molecule has 0 bridgehead atoms. The van der Waals surface area contributed by atoms with Gasteiger partial charge < -0.3 is 25.5 Å². The lowest BCUT2D eigenvalue weighted by Gasteiger charge is -2.32. The minimum atomic E-state index is -0.746. The fraction of sp³-hybridized carbons (Fsp3) is 0.360. The van der Waals surface area contributed by atoms with Gasteiger partial charge in [-0.05, 0) is 43.5 Å². The molecular formula is C25H31ClN6O.